The van der Waals surface area contributed by atoms with Gasteiger partial charge in [-0.3, -0.25) is 15.2 Å². The van der Waals surface area contributed by atoms with E-state index in [-0.39, 0.29) is 5.91 Å². The van der Waals surface area contributed by atoms with E-state index in [0.717, 1.165) is 22.0 Å². The van der Waals surface area contributed by atoms with Crippen molar-refractivity contribution in [3.8, 4) is 0 Å². The Bertz CT molecular complexity index is 663. The summed E-state index contributed by atoms with van der Waals surface area (Å²) in [6, 6.07) is 5.47. The number of fused-ring (bicyclic) bond motifs is 3. The number of hydrogen-bond acceptors (Lipinski definition) is 4. The van der Waals surface area contributed by atoms with Gasteiger partial charge >= 0.3 is 0 Å². The third-order valence-electron chi connectivity index (χ3n) is 3.06. The Hall–Kier alpha value is -2.40. The standard InChI is InChI=1S/C13H12N4O/c14-17-13(18)8-1-2-9-6-16-12-3-4-15-7-11(12)10(9)5-8/h1-6,15H,7,14H2,(H,17,18). The van der Waals surface area contributed by atoms with Crippen LogP contribution in [0.25, 0.3) is 16.8 Å². The minimum absolute atomic E-state index is 0.290. The molecular formula is C13H12N4O. The van der Waals surface area contributed by atoms with Crippen LogP contribution in [0.1, 0.15) is 21.6 Å². The number of rotatable bonds is 1. The number of pyridine rings is 1. The van der Waals surface area contributed by atoms with Gasteiger partial charge in [-0.05, 0) is 29.8 Å². The van der Waals surface area contributed by atoms with Crippen LogP contribution in [0.15, 0.2) is 30.6 Å². The normalized spacial score (nSPS) is 12.9. The highest BCUT2D eigenvalue weighted by Crippen LogP contribution is 2.24. The van der Waals surface area contributed by atoms with Crippen LogP contribution in [0.5, 0.6) is 0 Å². The first kappa shape index (κ1) is 10.7. The molecular weight excluding hydrogens is 228 g/mol. The molecule has 0 fully saturated rings. The fourth-order valence-corrected chi connectivity index (χ4v) is 2.14. The lowest BCUT2D eigenvalue weighted by molar-refractivity contribution is 0.0954. The van der Waals surface area contributed by atoms with Crippen molar-refractivity contribution >= 4 is 22.8 Å². The third kappa shape index (κ3) is 1.61. The smallest absolute Gasteiger partial charge is 0.265 e. The highest BCUT2D eigenvalue weighted by Gasteiger charge is 2.12. The van der Waals surface area contributed by atoms with Crippen molar-refractivity contribution in [1.82, 2.24) is 15.7 Å². The van der Waals surface area contributed by atoms with Gasteiger partial charge in [0.25, 0.3) is 5.91 Å². The number of nitrogens with two attached hydrogens (primary N) is 1. The molecule has 0 atom stereocenters. The molecule has 2 heterocycles. The highest BCUT2D eigenvalue weighted by molar-refractivity contribution is 5.99. The molecule has 5 heteroatoms. The number of carbonyl (C=O) groups is 1. The molecule has 1 aliphatic rings. The Morgan fingerprint density at radius 3 is 3.17 bits per heavy atom. The van der Waals surface area contributed by atoms with Crippen LogP contribution in [0.4, 0.5) is 0 Å². The molecule has 4 N–H and O–H groups in total. The fraction of sp³-hybridized carbons (Fsp3) is 0.0769. The van der Waals surface area contributed by atoms with Crippen molar-refractivity contribution < 1.29 is 4.79 Å². The molecule has 2 aromatic rings. The Labute approximate surface area is 104 Å². The van der Waals surface area contributed by atoms with Gasteiger partial charge in [-0.15, -0.1) is 0 Å². The Kier molecular flexibility index (Phi) is 2.46. The van der Waals surface area contributed by atoms with E-state index in [9.17, 15) is 4.79 Å². The minimum atomic E-state index is -0.290. The van der Waals surface area contributed by atoms with Crippen molar-refractivity contribution in [1.29, 1.82) is 0 Å². The van der Waals surface area contributed by atoms with E-state index in [0.29, 0.717) is 12.1 Å². The van der Waals surface area contributed by atoms with E-state index in [4.69, 9.17) is 5.84 Å². The summed E-state index contributed by atoms with van der Waals surface area (Å²) in [6.07, 6.45) is 5.61. The summed E-state index contributed by atoms with van der Waals surface area (Å²) in [5.41, 5.74) is 4.73. The van der Waals surface area contributed by atoms with Gasteiger partial charge in [-0.1, -0.05) is 6.07 Å². The SMILES string of the molecule is NNC(=O)c1ccc2cnc3c(c2c1)CNC=C3. The topological polar surface area (TPSA) is 80.0 Å². The minimum Gasteiger partial charge on any atom is -0.387 e. The number of benzene rings is 1. The number of hydrogen-bond donors (Lipinski definition) is 3. The van der Waals surface area contributed by atoms with E-state index in [2.05, 4.69) is 15.7 Å². The number of aromatic nitrogens is 1. The quantitative estimate of drug-likeness (QED) is 0.393. The maximum atomic E-state index is 11.5. The third-order valence-corrected chi connectivity index (χ3v) is 3.06. The van der Waals surface area contributed by atoms with Crippen molar-refractivity contribution in [2.45, 2.75) is 6.54 Å². The van der Waals surface area contributed by atoms with Gasteiger partial charge in [0.15, 0.2) is 0 Å². The first-order valence-corrected chi connectivity index (χ1v) is 5.62. The summed E-state index contributed by atoms with van der Waals surface area (Å²) in [5, 5.41) is 5.19. The molecule has 0 aliphatic carbocycles. The van der Waals surface area contributed by atoms with Crippen LogP contribution in [0.3, 0.4) is 0 Å². The lowest BCUT2D eigenvalue weighted by Gasteiger charge is -2.14. The van der Waals surface area contributed by atoms with E-state index in [1.807, 2.05) is 30.6 Å². The lowest BCUT2D eigenvalue weighted by atomic mass is 10.0. The zero-order valence-corrected chi connectivity index (χ0v) is 9.60. The van der Waals surface area contributed by atoms with Crippen molar-refractivity contribution in [2.24, 2.45) is 5.84 Å². The molecule has 90 valence electrons. The predicted molar refractivity (Wildman–Crippen MR) is 69.3 cm³/mol. The summed E-state index contributed by atoms with van der Waals surface area (Å²) in [5.74, 6) is 4.86. The maximum absolute atomic E-state index is 11.5. The van der Waals surface area contributed by atoms with Crippen LogP contribution in [0, 0.1) is 0 Å². The first-order valence-electron chi connectivity index (χ1n) is 5.62. The lowest BCUT2D eigenvalue weighted by Crippen LogP contribution is -2.29. The van der Waals surface area contributed by atoms with Gasteiger partial charge in [-0.25, -0.2) is 5.84 Å². The second kappa shape index (κ2) is 4.12. The Morgan fingerprint density at radius 2 is 2.33 bits per heavy atom. The largest absolute Gasteiger partial charge is 0.387 e. The zero-order valence-electron chi connectivity index (χ0n) is 9.60. The van der Waals surface area contributed by atoms with Crippen molar-refractivity contribution in [3.05, 3.63) is 47.4 Å². The summed E-state index contributed by atoms with van der Waals surface area (Å²) in [4.78, 5) is 15.9. The number of carbonyl (C=O) groups excluding carboxylic acids is 1. The molecule has 1 amide bonds. The molecule has 0 bridgehead atoms. The van der Waals surface area contributed by atoms with Crippen LogP contribution in [-0.4, -0.2) is 10.9 Å². The average Bonchev–Trinajstić information content (AvgIpc) is 2.45. The van der Waals surface area contributed by atoms with Crippen molar-refractivity contribution in [3.63, 3.8) is 0 Å². The van der Waals surface area contributed by atoms with Crippen molar-refractivity contribution in [2.75, 3.05) is 0 Å². The zero-order chi connectivity index (χ0) is 12.5. The molecule has 18 heavy (non-hydrogen) atoms. The number of amides is 1. The van der Waals surface area contributed by atoms with E-state index < -0.39 is 0 Å². The monoisotopic (exact) mass is 240 g/mol. The maximum Gasteiger partial charge on any atom is 0.265 e. The van der Waals surface area contributed by atoms with Crippen LogP contribution in [0.2, 0.25) is 0 Å². The van der Waals surface area contributed by atoms with Gasteiger partial charge < -0.3 is 5.32 Å². The molecule has 0 saturated heterocycles. The first-order chi connectivity index (χ1) is 8.79. The molecule has 0 spiro atoms. The number of nitrogens with one attached hydrogen (secondary N) is 2. The number of hydrazine groups is 1. The van der Waals surface area contributed by atoms with E-state index >= 15 is 0 Å². The molecule has 3 rings (SSSR count). The molecule has 1 aliphatic heterocycles. The second-order valence-electron chi connectivity index (χ2n) is 4.11. The van der Waals surface area contributed by atoms with Crippen LogP contribution >= 0.6 is 0 Å². The Morgan fingerprint density at radius 1 is 1.44 bits per heavy atom. The van der Waals surface area contributed by atoms with Gasteiger partial charge in [0.2, 0.25) is 0 Å². The van der Waals surface area contributed by atoms with E-state index in [1.165, 1.54) is 0 Å². The number of nitrogen functional groups attached to an aromatic ring is 1. The second-order valence-corrected chi connectivity index (χ2v) is 4.11. The predicted octanol–water partition coefficient (Wildman–Crippen LogP) is 0.912. The number of nitrogens with zero attached hydrogens (tertiary/aromatic N) is 1. The average molecular weight is 240 g/mol. The van der Waals surface area contributed by atoms with E-state index in [1.54, 1.807) is 6.07 Å². The molecule has 0 radical (unpaired) electrons. The van der Waals surface area contributed by atoms with Gasteiger partial charge in [0.05, 0.1) is 5.69 Å². The van der Waals surface area contributed by atoms with Gasteiger partial charge in [0.1, 0.15) is 0 Å². The van der Waals surface area contributed by atoms with Gasteiger partial charge in [-0.2, -0.15) is 0 Å². The van der Waals surface area contributed by atoms with Crippen LogP contribution < -0.4 is 16.6 Å². The Balaban J connectivity index is 2.25. The van der Waals surface area contributed by atoms with Gasteiger partial charge in [0, 0.05) is 29.3 Å². The molecule has 1 aromatic heterocycles. The molecule has 5 nitrogen and oxygen atoms in total. The summed E-state index contributed by atoms with van der Waals surface area (Å²) >= 11 is 0. The van der Waals surface area contributed by atoms with Crippen LogP contribution in [-0.2, 0) is 6.54 Å². The summed E-state index contributed by atoms with van der Waals surface area (Å²) in [7, 11) is 0. The fourth-order valence-electron chi connectivity index (χ4n) is 2.14. The molecule has 1 aromatic carbocycles. The summed E-state index contributed by atoms with van der Waals surface area (Å²) in [6.45, 7) is 0.712. The molecule has 0 saturated carbocycles. The highest BCUT2D eigenvalue weighted by atomic mass is 16.2. The molecule has 0 unspecified atom stereocenters. The summed E-state index contributed by atoms with van der Waals surface area (Å²) < 4.78 is 0.